The van der Waals surface area contributed by atoms with E-state index in [1.54, 1.807) is 12.1 Å². The van der Waals surface area contributed by atoms with E-state index in [9.17, 15) is 4.79 Å². The Bertz CT molecular complexity index is 1110. The maximum atomic E-state index is 10.2. The Morgan fingerprint density at radius 3 is 1.60 bits per heavy atom. The summed E-state index contributed by atoms with van der Waals surface area (Å²) in [5.74, 6) is -0.529. The number of rotatable bonds is 5. The van der Waals surface area contributed by atoms with Crippen LogP contribution in [-0.2, 0) is 4.79 Å². The van der Waals surface area contributed by atoms with Gasteiger partial charge in [-0.1, -0.05) is 70.0 Å². The van der Waals surface area contributed by atoms with E-state index in [0.29, 0.717) is 11.8 Å². The Balaban J connectivity index is 0.000000259. The summed E-state index contributed by atoms with van der Waals surface area (Å²) in [6.45, 7) is 6.64. The Morgan fingerprint density at radius 2 is 1.17 bits per heavy atom. The quantitative estimate of drug-likeness (QED) is 0.184. The Labute approximate surface area is 226 Å². The van der Waals surface area contributed by atoms with Gasteiger partial charge in [0.2, 0.25) is 11.8 Å². The van der Waals surface area contributed by atoms with Gasteiger partial charge in [-0.25, -0.2) is 9.97 Å². The molecule has 0 bridgehead atoms. The third kappa shape index (κ3) is 12.5. The molecule has 35 heavy (non-hydrogen) atoms. The molecule has 0 unspecified atom stereocenters. The fourth-order valence-electron chi connectivity index (χ4n) is 3.22. The van der Waals surface area contributed by atoms with Gasteiger partial charge < -0.3 is 15.3 Å². The molecule has 2 aromatic heterocycles. The normalized spacial score (nSPS) is 10.4. The fourth-order valence-corrected chi connectivity index (χ4v) is 3.22. The summed E-state index contributed by atoms with van der Waals surface area (Å²) in [4.78, 5) is 18.0. The molecule has 0 atom stereocenters. The SMILES string of the molecule is CC(C)(C)CCCCCC(=O)O.Oc1ccc2ccccc2n1.Oc1ccc2ccccc2n1.[BiH3]. The summed E-state index contributed by atoms with van der Waals surface area (Å²) < 4.78 is 0. The summed E-state index contributed by atoms with van der Waals surface area (Å²) in [6, 6.07) is 22.2. The molecule has 0 aliphatic heterocycles. The number of fused-ring (bicyclic) bond motifs is 2. The number of hydrogen-bond donors (Lipinski definition) is 3. The zero-order chi connectivity index (χ0) is 25.0. The van der Waals surface area contributed by atoms with Crippen LogP contribution < -0.4 is 0 Å². The first-order valence-corrected chi connectivity index (χ1v) is 11.5. The number of carbonyl (C=O) groups is 1. The van der Waals surface area contributed by atoms with E-state index in [4.69, 9.17) is 15.3 Å². The van der Waals surface area contributed by atoms with Crippen molar-refractivity contribution in [3.05, 3.63) is 72.8 Å². The van der Waals surface area contributed by atoms with Crippen LogP contribution in [-0.4, -0.2) is 57.5 Å². The van der Waals surface area contributed by atoms with E-state index in [-0.39, 0.29) is 38.0 Å². The molecule has 0 saturated heterocycles. The second-order valence-electron chi connectivity index (χ2n) is 9.24. The number of hydrogen-bond acceptors (Lipinski definition) is 5. The van der Waals surface area contributed by atoms with E-state index in [0.717, 1.165) is 41.1 Å². The Kier molecular flexibility index (Phi) is 13.2. The van der Waals surface area contributed by atoms with Crippen molar-refractivity contribution < 1.29 is 20.1 Å². The van der Waals surface area contributed by atoms with Gasteiger partial charge >= 0.3 is 32.2 Å². The van der Waals surface area contributed by atoms with Crippen LogP contribution in [0.1, 0.15) is 52.9 Å². The molecule has 7 heteroatoms. The van der Waals surface area contributed by atoms with Crippen LogP contribution in [0.15, 0.2) is 72.8 Å². The average molecular weight is 675 g/mol. The first-order chi connectivity index (χ1) is 16.1. The number of para-hydroxylation sites is 2. The van der Waals surface area contributed by atoms with E-state index in [1.165, 1.54) is 6.42 Å². The second-order valence-corrected chi connectivity index (χ2v) is 9.24. The van der Waals surface area contributed by atoms with Crippen LogP contribution >= 0.6 is 0 Å². The van der Waals surface area contributed by atoms with Gasteiger partial charge in [0.05, 0.1) is 11.0 Å². The van der Waals surface area contributed by atoms with Crippen molar-refractivity contribution in [3.63, 3.8) is 0 Å². The summed E-state index contributed by atoms with van der Waals surface area (Å²) in [5, 5.41) is 28.5. The van der Waals surface area contributed by atoms with Gasteiger partial charge in [0, 0.05) is 29.3 Å². The number of aromatic hydroxyl groups is 2. The molecule has 3 N–H and O–H groups in total. The summed E-state index contributed by atoms with van der Waals surface area (Å²) >= 11 is 0. The van der Waals surface area contributed by atoms with Crippen LogP contribution in [0.25, 0.3) is 21.8 Å². The van der Waals surface area contributed by atoms with E-state index in [2.05, 4.69) is 30.7 Å². The van der Waals surface area contributed by atoms with Gasteiger partial charge in [-0.15, -0.1) is 0 Å². The molecule has 0 spiro atoms. The molecular formula is C28H37BiN2O4. The van der Waals surface area contributed by atoms with Crippen molar-refractivity contribution in [1.82, 2.24) is 9.97 Å². The molecule has 6 nitrogen and oxygen atoms in total. The molecule has 4 rings (SSSR count). The molecule has 2 aromatic carbocycles. The Morgan fingerprint density at radius 1 is 0.714 bits per heavy atom. The fraction of sp³-hybridized carbons (Fsp3) is 0.321. The number of carboxylic acid groups (broad SMARTS) is 1. The number of unbranched alkanes of at least 4 members (excludes halogenated alkanes) is 2. The second kappa shape index (κ2) is 15.3. The number of nitrogens with zero attached hydrogens (tertiary/aromatic N) is 2. The summed E-state index contributed by atoms with van der Waals surface area (Å²) in [5.41, 5.74) is 2.04. The maximum absolute atomic E-state index is 10.2. The van der Waals surface area contributed by atoms with Gasteiger partial charge in [-0.3, -0.25) is 4.79 Å². The third-order valence-corrected chi connectivity index (χ3v) is 4.98. The number of carboxylic acids is 1. The van der Waals surface area contributed by atoms with Crippen LogP contribution in [0.4, 0.5) is 0 Å². The zero-order valence-electron chi connectivity index (χ0n) is 20.8. The first-order valence-electron chi connectivity index (χ1n) is 11.5. The van der Waals surface area contributed by atoms with Crippen LogP contribution in [0, 0.1) is 5.41 Å². The molecule has 0 aliphatic rings. The molecule has 2 heterocycles. The monoisotopic (exact) mass is 674 g/mol. The first kappa shape index (κ1) is 30.2. The molecule has 0 amide bonds. The number of aromatic nitrogens is 2. The predicted molar refractivity (Wildman–Crippen MR) is 147 cm³/mol. The Hall–Kier alpha value is -2.79. The molecule has 0 saturated carbocycles. The molecule has 0 radical (unpaired) electrons. The topological polar surface area (TPSA) is 104 Å². The van der Waals surface area contributed by atoms with Crippen molar-refractivity contribution in [2.24, 2.45) is 5.41 Å². The number of pyridine rings is 2. The standard InChI is InChI=1S/C10H20O2.2C9H7NO.Bi.3H/c1-10(2,3)8-6-4-5-7-9(11)12;2*11-9-6-5-7-3-1-2-4-8(7)10-9;;;;/h4-8H2,1-3H3,(H,11,12);2*1-6H,(H,10,11);;;;. The van der Waals surface area contributed by atoms with Crippen molar-refractivity contribution in [2.75, 3.05) is 0 Å². The van der Waals surface area contributed by atoms with Gasteiger partial charge in [-0.05, 0) is 42.5 Å². The minimum atomic E-state index is -0.675. The van der Waals surface area contributed by atoms with Gasteiger partial charge in [0.15, 0.2) is 0 Å². The van der Waals surface area contributed by atoms with Crippen molar-refractivity contribution in [1.29, 1.82) is 0 Å². The van der Waals surface area contributed by atoms with E-state index in [1.807, 2.05) is 60.7 Å². The van der Waals surface area contributed by atoms with Crippen molar-refractivity contribution >= 4 is 54.0 Å². The number of benzene rings is 2. The van der Waals surface area contributed by atoms with Crippen molar-refractivity contribution in [3.8, 4) is 11.8 Å². The van der Waals surface area contributed by atoms with E-state index >= 15 is 0 Å². The molecule has 0 fully saturated rings. The minimum absolute atomic E-state index is 0. The average Bonchev–Trinajstić information content (AvgIpc) is 2.78. The van der Waals surface area contributed by atoms with Gasteiger partial charge in [0.25, 0.3) is 0 Å². The van der Waals surface area contributed by atoms with E-state index < -0.39 is 5.97 Å². The number of aliphatic carboxylic acids is 1. The molecule has 4 aromatic rings. The van der Waals surface area contributed by atoms with Crippen molar-refractivity contribution in [2.45, 2.75) is 52.9 Å². The predicted octanol–water partition coefficient (Wildman–Crippen LogP) is 5.76. The zero-order valence-corrected chi connectivity index (χ0v) is 26.3. The van der Waals surface area contributed by atoms with Crippen LogP contribution in [0.3, 0.4) is 0 Å². The third-order valence-electron chi connectivity index (χ3n) is 4.98. The van der Waals surface area contributed by atoms with Gasteiger partial charge in [-0.2, -0.15) is 0 Å². The summed E-state index contributed by atoms with van der Waals surface area (Å²) in [6.07, 6.45) is 4.53. The van der Waals surface area contributed by atoms with Gasteiger partial charge in [0.1, 0.15) is 0 Å². The van der Waals surface area contributed by atoms with Crippen LogP contribution in [0.5, 0.6) is 11.8 Å². The molecular weight excluding hydrogens is 637 g/mol. The molecule has 188 valence electrons. The summed E-state index contributed by atoms with van der Waals surface area (Å²) in [7, 11) is 0. The molecule has 0 aliphatic carbocycles. The van der Waals surface area contributed by atoms with Crippen LogP contribution in [0.2, 0.25) is 0 Å².